The second kappa shape index (κ2) is 8.61. The minimum absolute atomic E-state index is 0.0248. The average Bonchev–Trinajstić information content (AvgIpc) is 3.47. The van der Waals surface area contributed by atoms with Gasteiger partial charge in [-0.3, -0.25) is 10.1 Å². The Balaban J connectivity index is 1.54. The van der Waals surface area contributed by atoms with Crippen molar-refractivity contribution in [2.45, 2.75) is 25.6 Å². The molecule has 1 aliphatic heterocycles. The highest BCUT2D eigenvalue weighted by atomic mass is 32.1. The summed E-state index contributed by atoms with van der Waals surface area (Å²) in [6.07, 6.45) is -1.91. The zero-order valence-electron chi connectivity index (χ0n) is 18.8. The van der Waals surface area contributed by atoms with Crippen molar-refractivity contribution in [3.63, 3.8) is 0 Å². The molecule has 0 saturated carbocycles. The molecule has 0 atom stereocenters. The molecule has 2 N–H and O–H groups in total. The van der Waals surface area contributed by atoms with Crippen LogP contribution in [0.15, 0.2) is 42.0 Å². The summed E-state index contributed by atoms with van der Waals surface area (Å²) in [4.78, 5) is 30.2. The summed E-state index contributed by atoms with van der Waals surface area (Å²) in [5, 5.41) is 4.80. The summed E-state index contributed by atoms with van der Waals surface area (Å²) >= 11 is 1.25. The van der Waals surface area contributed by atoms with E-state index in [9.17, 15) is 18.0 Å². The molecule has 0 spiro atoms. The molecule has 1 aliphatic rings. The van der Waals surface area contributed by atoms with Crippen LogP contribution in [0.5, 0.6) is 0 Å². The number of aromatic amines is 1. The van der Waals surface area contributed by atoms with E-state index in [2.05, 4.69) is 25.3 Å². The first-order valence-corrected chi connectivity index (χ1v) is 11.6. The van der Waals surface area contributed by atoms with Crippen molar-refractivity contribution in [1.82, 2.24) is 19.9 Å². The smallest absolute Gasteiger partial charge is 0.372 e. The van der Waals surface area contributed by atoms with Gasteiger partial charge in [-0.1, -0.05) is 6.07 Å². The Kier molecular flexibility index (Phi) is 5.72. The number of ether oxygens (including phenoxy) is 1. The van der Waals surface area contributed by atoms with Crippen LogP contribution >= 0.6 is 11.3 Å². The zero-order chi connectivity index (χ0) is 24.8. The van der Waals surface area contributed by atoms with Gasteiger partial charge in [0, 0.05) is 36.4 Å². The number of alkyl halides is 3. The molecule has 8 nitrogen and oxygen atoms in total. The van der Waals surface area contributed by atoms with E-state index in [1.807, 2.05) is 13.8 Å². The van der Waals surface area contributed by atoms with Crippen molar-refractivity contribution in [2.75, 3.05) is 29.9 Å². The van der Waals surface area contributed by atoms with E-state index in [1.54, 1.807) is 34.7 Å². The van der Waals surface area contributed by atoms with Crippen LogP contribution in [0.1, 0.15) is 29.8 Å². The molecule has 0 bridgehead atoms. The molecule has 4 aromatic rings. The zero-order valence-corrected chi connectivity index (χ0v) is 19.6. The number of para-hydroxylation sites is 1. The van der Waals surface area contributed by atoms with Crippen LogP contribution in [0.3, 0.4) is 0 Å². The van der Waals surface area contributed by atoms with E-state index < -0.39 is 23.2 Å². The molecule has 35 heavy (non-hydrogen) atoms. The van der Waals surface area contributed by atoms with Gasteiger partial charge in [0.2, 0.25) is 0 Å². The molecular weight excluding hydrogens is 481 g/mol. The first kappa shape index (κ1) is 23.2. The van der Waals surface area contributed by atoms with E-state index in [0.29, 0.717) is 30.3 Å². The topological polar surface area (TPSA) is 96.0 Å². The number of hydrogen-bond donors (Lipinski definition) is 2. The van der Waals surface area contributed by atoms with Gasteiger partial charge in [0.1, 0.15) is 17.2 Å². The molecule has 3 aromatic heterocycles. The predicted molar refractivity (Wildman–Crippen MR) is 127 cm³/mol. The minimum Gasteiger partial charge on any atom is -0.372 e. The van der Waals surface area contributed by atoms with Gasteiger partial charge in [-0.15, -0.1) is 11.3 Å². The SMILES string of the molecule is CC1(C)CN(c2cc(C(F)(F)F)c(-c3nc4c(C(=O)Nc5nccs5)cccc4[nH]3)cn2)CCO1. The van der Waals surface area contributed by atoms with Crippen LogP contribution in [-0.4, -0.2) is 51.1 Å². The molecular formula is C23H21F3N6O2S. The lowest BCUT2D eigenvalue weighted by Gasteiger charge is -2.39. The lowest BCUT2D eigenvalue weighted by molar-refractivity contribution is -0.137. The number of halogens is 3. The first-order valence-electron chi connectivity index (χ1n) is 10.8. The standard InChI is InChI=1S/C23H21F3N6O2S/c1-22(2)12-32(7-8-34-22)17-10-15(23(24,25)26)14(11-28-17)19-29-16-5-3-4-13(18(16)30-19)20(33)31-21-27-6-9-35-21/h3-6,9-11H,7-8,12H2,1-2H3,(H,29,30)(H,27,31,33). The average molecular weight is 503 g/mol. The number of fused-ring (bicyclic) bond motifs is 1. The van der Waals surface area contributed by atoms with Gasteiger partial charge in [-0.25, -0.2) is 15.0 Å². The molecule has 1 amide bonds. The number of aromatic nitrogens is 4. The van der Waals surface area contributed by atoms with E-state index in [-0.39, 0.29) is 28.3 Å². The van der Waals surface area contributed by atoms with Gasteiger partial charge in [-0.2, -0.15) is 13.2 Å². The van der Waals surface area contributed by atoms with Crippen molar-refractivity contribution < 1.29 is 22.7 Å². The summed E-state index contributed by atoms with van der Waals surface area (Å²) in [6, 6.07) is 5.88. The number of morpholine rings is 1. The first-order chi connectivity index (χ1) is 16.6. The van der Waals surface area contributed by atoms with Crippen LogP contribution in [0.2, 0.25) is 0 Å². The molecule has 1 fully saturated rings. The molecule has 0 radical (unpaired) electrons. The normalized spacial score (nSPS) is 16.0. The van der Waals surface area contributed by atoms with Gasteiger partial charge in [-0.05, 0) is 32.0 Å². The summed E-state index contributed by atoms with van der Waals surface area (Å²) < 4.78 is 48.0. The Hall–Kier alpha value is -3.51. The number of rotatable bonds is 4. The highest BCUT2D eigenvalue weighted by Gasteiger charge is 2.37. The Bertz CT molecular complexity index is 1380. The number of anilines is 2. The number of pyridine rings is 1. The summed E-state index contributed by atoms with van der Waals surface area (Å²) in [5.74, 6) is -0.261. The Morgan fingerprint density at radius 1 is 1.29 bits per heavy atom. The van der Waals surface area contributed by atoms with Crippen LogP contribution < -0.4 is 10.2 Å². The molecule has 1 aromatic carbocycles. The number of imidazole rings is 1. The quantitative estimate of drug-likeness (QED) is 0.409. The second-order valence-electron chi connectivity index (χ2n) is 8.69. The third kappa shape index (κ3) is 4.71. The molecule has 12 heteroatoms. The van der Waals surface area contributed by atoms with Crippen molar-refractivity contribution in [3.8, 4) is 11.4 Å². The lowest BCUT2D eigenvalue weighted by Crippen LogP contribution is -2.48. The number of thiazole rings is 1. The number of carbonyl (C=O) groups is 1. The number of nitrogens with zero attached hydrogens (tertiary/aromatic N) is 4. The molecule has 1 saturated heterocycles. The van der Waals surface area contributed by atoms with Gasteiger partial charge < -0.3 is 14.6 Å². The number of nitrogens with one attached hydrogen (secondary N) is 2. The molecule has 5 rings (SSSR count). The highest BCUT2D eigenvalue weighted by molar-refractivity contribution is 7.13. The van der Waals surface area contributed by atoms with Crippen LogP contribution in [0.4, 0.5) is 24.1 Å². The van der Waals surface area contributed by atoms with E-state index in [4.69, 9.17) is 4.74 Å². The molecule has 4 heterocycles. The fourth-order valence-corrected chi connectivity index (χ4v) is 4.57. The third-order valence-electron chi connectivity index (χ3n) is 5.61. The van der Waals surface area contributed by atoms with Crippen LogP contribution in [0, 0.1) is 0 Å². The van der Waals surface area contributed by atoms with Gasteiger partial charge >= 0.3 is 6.18 Å². The lowest BCUT2D eigenvalue weighted by atomic mass is 10.1. The van der Waals surface area contributed by atoms with E-state index in [0.717, 1.165) is 6.07 Å². The fraction of sp³-hybridized carbons (Fsp3) is 0.304. The van der Waals surface area contributed by atoms with Gasteiger partial charge in [0.15, 0.2) is 5.13 Å². The maximum atomic E-state index is 14.1. The number of benzene rings is 1. The van der Waals surface area contributed by atoms with Crippen LogP contribution in [-0.2, 0) is 10.9 Å². The molecule has 0 aliphatic carbocycles. The monoisotopic (exact) mass is 502 g/mol. The van der Waals surface area contributed by atoms with E-state index >= 15 is 0 Å². The van der Waals surface area contributed by atoms with Crippen molar-refractivity contribution in [3.05, 3.63) is 53.2 Å². The summed E-state index contributed by atoms with van der Waals surface area (Å²) in [7, 11) is 0. The van der Waals surface area contributed by atoms with E-state index in [1.165, 1.54) is 17.5 Å². The van der Waals surface area contributed by atoms with Gasteiger partial charge in [0.05, 0.1) is 28.9 Å². The minimum atomic E-state index is -4.64. The van der Waals surface area contributed by atoms with Crippen molar-refractivity contribution in [2.24, 2.45) is 0 Å². The highest BCUT2D eigenvalue weighted by Crippen LogP contribution is 2.38. The number of carbonyl (C=O) groups excluding carboxylic acids is 1. The predicted octanol–water partition coefficient (Wildman–Crippen LogP) is 4.97. The number of H-pyrrole nitrogens is 1. The van der Waals surface area contributed by atoms with Crippen LogP contribution in [0.25, 0.3) is 22.4 Å². The Morgan fingerprint density at radius 3 is 2.83 bits per heavy atom. The fourth-order valence-electron chi connectivity index (χ4n) is 4.05. The van der Waals surface area contributed by atoms with Gasteiger partial charge in [0.25, 0.3) is 5.91 Å². The van der Waals surface area contributed by atoms with Crippen molar-refractivity contribution >= 4 is 39.2 Å². The molecule has 182 valence electrons. The third-order valence-corrected chi connectivity index (χ3v) is 6.30. The Labute approximate surface area is 202 Å². The maximum absolute atomic E-state index is 14.1. The Morgan fingerprint density at radius 2 is 2.11 bits per heavy atom. The largest absolute Gasteiger partial charge is 0.417 e. The second-order valence-corrected chi connectivity index (χ2v) is 9.59. The molecule has 0 unspecified atom stereocenters. The van der Waals surface area contributed by atoms with Crippen molar-refractivity contribution in [1.29, 1.82) is 0 Å². The number of amides is 1. The summed E-state index contributed by atoms with van der Waals surface area (Å²) in [6.45, 7) is 5.02. The number of hydrogen-bond acceptors (Lipinski definition) is 7. The summed E-state index contributed by atoms with van der Waals surface area (Å²) in [5.41, 5.74) is -0.655. The maximum Gasteiger partial charge on any atom is 0.417 e.